The zero-order valence-corrected chi connectivity index (χ0v) is 8.63. The molecule has 0 radical (unpaired) electrons. The number of nitrogens with one attached hydrogen (secondary N) is 1. The van der Waals surface area contributed by atoms with Crippen LogP contribution in [0, 0.1) is 23.0 Å². The summed E-state index contributed by atoms with van der Waals surface area (Å²) in [6, 6.07) is 4.12. The van der Waals surface area contributed by atoms with E-state index in [2.05, 4.69) is 5.32 Å². The molecule has 0 aliphatic heterocycles. The molecule has 16 heavy (non-hydrogen) atoms. The van der Waals surface area contributed by atoms with Gasteiger partial charge >= 0.3 is 0 Å². The van der Waals surface area contributed by atoms with Crippen LogP contribution in [-0.2, 0) is 0 Å². The Bertz CT molecular complexity index is 402. The van der Waals surface area contributed by atoms with E-state index in [9.17, 15) is 8.78 Å². The highest BCUT2D eigenvalue weighted by Crippen LogP contribution is 2.19. The smallest absolute Gasteiger partial charge is 0.183 e. The Morgan fingerprint density at radius 3 is 2.62 bits per heavy atom. The van der Waals surface area contributed by atoms with Crippen molar-refractivity contribution in [3.63, 3.8) is 0 Å². The average molecular weight is 226 g/mol. The molecular formula is C11H12F2N2O. The SMILES string of the molecule is N#Cc1ccc(NCCCCO)c(F)c1F. The van der Waals surface area contributed by atoms with Crippen molar-refractivity contribution < 1.29 is 13.9 Å². The monoisotopic (exact) mass is 226 g/mol. The predicted molar refractivity (Wildman–Crippen MR) is 55.9 cm³/mol. The molecule has 1 aromatic rings. The lowest BCUT2D eigenvalue weighted by atomic mass is 10.2. The molecule has 0 unspecified atom stereocenters. The molecule has 1 aromatic carbocycles. The Morgan fingerprint density at radius 1 is 1.25 bits per heavy atom. The number of aliphatic hydroxyl groups is 1. The van der Waals surface area contributed by atoms with Gasteiger partial charge in [-0.2, -0.15) is 5.26 Å². The van der Waals surface area contributed by atoms with Crippen LogP contribution in [0.4, 0.5) is 14.5 Å². The van der Waals surface area contributed by atoms with Crippen molar-refractivity contribution in [2.24, 2.45) is 0 Å². The van der Waals surface area contributed by atoms with Gasteiger partial charge in [-0.25, -0.2) is 8.78 Å². The summed E-state index contributed by atoms with van der Waals surface area (Å²) in [4.78, 5) is 0. The number of hydrogen-bond acceptors (Lipinski definition) is 3. The summed E-state index contributed by atoms with van der Waals surface area (Å²) in [6.45, 7) is 0.523. The minimum Gasteiger partial charge on any atom is -0.396 e. The lowest BCUT2D eigenvalue weighted by molar-refractivity contribution is 0.286. The molecule has 2 N–H and O–H groups in total. The van der Waals surface area contributed by atoms with Crippen molar-refractivity contribution in [2.45, 2.75) is 12.8 Å². The van der Waals surface area contributed by atoms with Gasteiger partial charge in [-0.1, -0.05) is 0 Å². The third-order valence-electron chi connectivity index (χ3n) is 2.10. The van der Waals surface area contributed by atoms with Crippen molar-refractivity contribution in [3.05, 3.63) is 29.3 Å². The minimum absolute atomic E-state index is 0.0365. The number of benzene rings is 1. The molecule has 0 aromatic heterocycles. The number of rotatable bonds is 5. The second-order valence-electron chi connectivity index (χ2n) is 3.26. The first kappa shape index (κ1) is 12.4. The molecule has 0 fully saturated rings. The van der Waals surface area contributed by atoms with E-state index in [0.29, 0.717) is 19.4 Å². The Morgan fingerprint density at radius 2 is 2.00 bits per heavy atom. The van der Waals surface area contributed by atoms with Gasteiger partial charge in [0, 0.05) is 13.2 Å². The minimum atomic E-state index is -1.13. The van der Waals surface area contributed by atoms with Crippen LogP contribution in [0.3, 0.4) is 0 Å². The lowest BCUT2D eigenvalue weighted by Crippen LogP contribution is -2.06. The Hall–Kier alpha value is -1.67. The molecule has 1 rings (SSSR count). The molecule has 3 nitrogen and oxygen atoms in total. The Labute approximate surface area is 92.3 Å². The molecule has 0 spiro atoms. The highest BCUT2D eigenvalue weighted by Gasteiger charge is 2.12. The molecule has 0 aliphatic rings. The first-order chi connectivity index (χ1) is 7.70. The normalized spacial score (nSPS) is 9.88. The van der Waals surface area contributed by atoms with E-state index in [1.54, 1.807) is 6.07 Å². The van der Waals surface area contributed by atoms with Gasteiger partial charge in [0.1, 0.15) is 6.07 Å². The van der Waals surface area contributed by atoms with Crippen molar-refractivity contribution in [3.8, 4) is 6.07 Å². The van der Waals surface area contributed by atoms with Crippen molar-refractivity contribution in [1.82, 2.24) is 0 Å². The largest absolute Gasteiger partial charge is 0.396 e. The van der Waals surface area contributed by atoms with Gasteiger partial charge in [0.2, 0.25) is 0 Å². The maximum absolute atomic E-state index is 13.3. The standard InChI is InChI=1S/C11H12F2N2O/c12-10-8(7-14)3-4-9(11(10)13)15-5-1-2-6-16/h3-4,15-16H,1-2,5-6H2. The highest BCUT2D eigenvalue weighted by atomic mass is 19.2. The fraction of sp³-hybridized carbons (Fsp3) is 0.364. The van der Waals surface area contributed by atoms with E-state index in [0.717, 1.165) is 0 Å². The summed E-state index contributed by atoms with van der Waals surface area (Å²) < 4.78 is 26.5. The van der Waals surface area contributed by atoms with Crippen LogP contribution in [0.25, 0.3) is 0 Å². The number of halogens is 2. The summed E-state index contributed by atoms with van der Waals surface area (Å²) in [5.41, 5.74) is -0.271. The van der Waals surface area contributed by atoms with Crippen LogP contribution >= 0.6 is 0 Å². The van der Waals surface area contributed by atoms with E-state index >= 15 is 0 Å². The van der Waals surface area contributed by atoms with Gasteiger partial charge in [0.25, 0.3) is 0 Å². The molecule has 0 heterocycles. The van der Waals surface area contributed by atoms with Crippen LogP contribution in [-0.4, -0.2) is 18.3 Å². The van der Waals surface area contributed by atoms with Gasteiger partial charge in [0.05, 0.1) is 11.3 Å². The van der Waals surface area contributed by atoms with Crippen LogP contribution in [0.2, 0.25) is 0 Å². The molecule has 0 aliphatic carbocycles. The third kappa shape index (κ3) is 2.91. The van der Waals surface area contributed by atoms with Crippen molar-refractivity contribution >= 4 is 5.69 Å². The van der Waals surface area contributed by atoms with Crippen molar-refractivity contribution in [2.75, 3.05) is 18.5 Å². The summed E-state index contributed by atoms with van der Waals surface area (Å²) in [7, 11) is 0. The topological polar surface area (TPSA) is 56.0 Å². The van der Waals surface area contributed by atoms with E-state index < -0.39 is 11.6 Å². The maximum Gasteiger partial charge on any atom is 0.183 e. The van der Waals surface area contributed by atoms with Crippen molar-refractivity contribution in [1.29, 1.82) is 5.26 Å². The number of hydrogen-bond donors (Lipinski definition) is 2. The number of nitrogens with zero attached hydrogens (tertiary/aromatic N) is 1. The second-order valence-corrected chi connectivity index (χ2v) is 3.26. The number of aliphatic hydroxyl groups excluding tert-OH is 1. The fourth-order valence-corrected chi connectivity index (χ4v) is 1.23. The first-order valence-corrected chi connectivity index (χ1v) is 4.93. The predicted octanol–water partition coefficient (Wildman–Crippen LogP) is 2.02. The van der Waals surface area contributed by atoms with Gasteiger partial charge < -0.3 is 10.4 Å². The Kier molecular flexibility index (Phi) is 4.67. The number of anilines is 1. The summed E-state index contributed by atoms with van der Waals surface area (Å²) in [5, 5.41) is 19.7. The van der Waals surface area contributed by atoms with Gasteiger partial charge in [-0.15, -0.1) is 0 Å². The molecule has 0 saturated heterocycles. The summed E-state index contributed by atoms with van der Waals surface area (Å²) >= 11 is 0. The van der Waals surface area contributed by atoms with Crippen LogP contribution in [0.15, 0.2) is 12.1 Å². The van der Waals surface area contributed by atoms with E-state index in [-0.39, 0.29) is 17.9 Å². The zero-order valence-electron chi connectivity index (χ0n) is 8.63. The summed E-state index contributed by atoms with van der Waals surface area (Å²) in [5.74, 6) is -2.17. The van der Waals surface area contributed by atoms with E-state index in [1.165, 1.54) is 12.1 Å². The molecule has 0 amide bonds. The second kappa shape index (κ2) is 6.03. The first-order valence-electron chi connectivity index (χ1n) is 4.93. The molecule has 0 saturated carbocycles. The van der Waals surface area contributed by atoms with Crippen LogP contribution in [0.1, 0.15) is 18.4 Å². The fourth-order valence-electron chi connectivity index (χ4n) is 1.23. The quantitative estimate of drug-likeness (QED) is 0.755. The molecular weight excluding hydrogens is 214 g/mol. The molecule has 0 bridgehead atoms. The van der Waals surface area contributed by atoms with Gasteiger partial charge in [-0.05, 0) is 25.0 Å². The van der Waals surface area contributed by atoms with E-state index in [1.807, 2.05) is 0 Å². The lowest BCUT2D eigenvalue weighted by Gasteiger charge is -2.07. The molecule has 0 atom stereocenters. The third-order valence-corrected chi connectivity index (χ3v) is 2.10. The zero-order chi connectivity index (χ0) is 12.0. The number of nitriles is 1. The van der Waals surface area contributed by atoms with E-state index in [4.69, 9.17) is 10.4 Å². The maximum atomic E-state index is 13.3. The Balaban J connectivity index is 2.68. The van der Waals surface area contributed by atoms with Gasteiger partial charge in [0.15, 0.2) is 11.6 Å². The van der Waals surface area contributed by atoms with Gasteiger partial charge in [-0.3, -0.25) is 0 Å². The molecule has 5 heteroatoms. The summed E-state index contributed by atoms with van der Waals surface area (Å²) in [6.07, 6.45) is 1.27. The molecule has 86 valence electrons. The van der Waals surface area contributed by atoms with Crippen LogP contribution in [0.5, 0.6) is 0 Å². The number of unbranched alkanes of at least 4 members (excludes halogenated alkanes) is 1. The van der Waals surface area contributed by atoms with Crippen LogP contribution < -0.4 is 5.32 Å². The average Bonchev–Trinajstić information content (AvgIpc) is 2.30. The highest BCUT2D eigenvalue weighted by molar-refractivity contribution is 5.49.